The van der Waals surface area contributed by atoms with E-state index in [9.17, 15) is 23.1 Å². The number of hydrogen-bond acceptors (Lipinski definition) is 9. The number of allylic oxidation sites excluding steroid dienone is 2. The number of hydrogen-bond donors (Lipinski definition) is 2. The van der Waals surface area contributed by atoms with Crippen molar-refractivity contribution in [3.63, 3.8) is 0 Å². The van der Waals surface area contributed by atoms with Gasteiger partial charge in [0.25, 0.3) is 0 Å². The zero-order valence-electron chi connectivity index (χ0n) is 21.9. The van der Waals surface area contributed by atoms with Crippen LogP contribution in [0, 0.1) is 5.82 Å². The number of ether oxygens (including phenoxy) is 2. The highest BCUT2D eigenvalue weighted by Gasteiger charge is 2.41. The van der Waals surface area contributed by atoms with E-state index in [4.69, 9.17) is 9.47 Å². The molecule has 5 rings (SSSR count). The number of thioether (sulfide) groups is 1. The van der Waals surface area contributed by atoms with Gasteiger partial charge in [-0.1, -0.05) is 60.3 Å². The second-order valence-electron chi connectivity index (χ2n) is 9.44. The maximum absolute atomic E-state index is 15.3. The van der Waals surface area contributed by atoms with Crippen molar-refractivity contribution in [1.82, 2.24) is 5.32 Å². The Morgan fingerprint density at radius 3 is 2.46 bits per heavy atom. The molecule has 212 valence electrons. The zero-order valence-corrected chi connectivity index (χ0v) is 23.6. The molecule has 0 aromatic heterocycles. The van der Waals surface area contributed by atoms with Crippen LogP contribution in [-0.4, -0.2) is 44.4 Å². The Hall–Kier alpha value is -4.09. The lowest BCUT2D eigenvalue weighted by Gasteiger charge is -2.31. The Balaban J connectivity index is 1.42. The number of esters is 2. The first kappa shape index (κ1) is 28.4. The van der Waals surface area contributed by atoms with Gasteiger partial charge in [-0.05, 0) is 36.8 Å². The molecule has 0 amide bonds. The zero-order chi connectivity index (χ0) is 29.1. The average Bonchev–Trinajstić information content (AvgIpc) is 3.04. The molecule has 0 saturated carbocycles. The fraction of sp³-hybridized carbons (Fsp3) is 0.200. The van der Waals surface area contributed by atoms with Crippen molar-refractivity contribution in [1.29, 1.82) is 0 Å². The predicted octanol–water partition coefficient (Wildman–Crippen LogP) is 4.61. The molecule has 2 aliphatic rings. The molecule has 11 heteroatoms. The van der Waals surface area contributed by atoms with Crippen LogP contribution < -0.4 is 5.32 Å². The van der Waals surface area contributed by atoms with Gasteiger partial charge in [0.15, 0.2) is 9.84 Å². The predicted molar refractivity (Wildman–Crippen MR) is 150 cm³/mol. The van der Waals surface area contributed by atoms with Crippen molar-refractivity contribution in [2.24, 2.45) is 0 Å². The summed E-state index contributed by atoms with van der Waals surface area (Å²) >= 11 is 1.09. The van der Waals surface area contributed by atoms with E-state index in [0.29, 0.717) is 9.80 Å². The molecule has 2 aliphatic heterocycles. The third kappa shape index (κ3) is 6.01. The number of halogens is 1. The minimum Gasteiger partial charge on any atom is -0.508 e. The van der Waals surface area contributed by atoms with E-state index in [1.54, 1.807) is 37.3 Å². The summed E-state index contributed by atoms with van der Waals surface area (Å²) in [6.07, 6.45) is 0.0656. The van der Waals surface area contributed by atoms with Gasteiger partial charge in [-0.15, -0.1) is 0 Å². The summed E-state index contributed by atoms with van der Waals surface area (Å²) in [7, 11) is -3.77. The molecule has 2 heterocycles. The van der Waals surface area contributed by atoms with Gasteiger partial charge in [-0.2, -0.15) is 0 Å². The molecule has 1 atom stereocenters. The molecule has 0 fully saturated rings. The van der Waals surface area contributed by atoms with E-state index in [-0.39, 0.29) is 47.1 Å². The van der Waals surface area contributed by atoms with Crippen molar-refractivity contribution in [2.45, 2.75) is 29.1 Å². The number of carbonyl (C=O) groups excluding carboxylic acids is 2. The summed E-state index contributed by atoms with van der Waals surface area (Å²) in [5.41, 5.74) is 1.15. The van der Waals surface area contributed by atoms with E-state index >= 15 is 4.39 Å². The van der Waals surface area contributed by atoms with Crippen molar-refractivity contribution in [2.75, 3.05) is 19.0 Å². The molecule has 0 spiro atoms. The molecular formula is C30H26FNO7S2. The highest BCUT2D eigenvalue weighted by atomic mass is 32.2. The molecule has 8 nitrogen and oxygen atoms in total. The number of rotatable bonds is 7. The third-order valence-corrected chi connectivity index (χ3v) is 9.74. The number of carbonyl (C=O) groups is 2. The van der Waals surface area contributed by atoms with E-state index in [0.717, 1.165) is 23.4 Å². The molecule has 0 bridgehead atoms. The van der Waals surface area contributed by atoms with Crippen LogP contribution in [0.3, 0.4) is 0 Å². The van der Waals surface area contributed by atoms with Crippen LogP contribution in [0.5, 0.6) is 5.75 Å². The highest BCUT2D eigenvalue weighted by molar-refractivity contribution is 8.04. The minimum absolute atomic E-state index is 0.00374. The normalized spacial score (nSPS) is 17.6. The van der Waals surface area contributed by atoms with Gasteiger partial charge in [0, 0.05) is 26.8 Å². The van der Waals surface area contributed by atoms with Gasteiger partial charge >= 0.3 is 11.9 Å². The van der Waals surface area contributed by atoms with Crippen molar-refractivity contribution in [3.05, 3.63) is 112 Å². The maximum Gasteiger partial charge on any atom is 0.336 e. The summed E-state index contributed by atoms with van der Waals surface area (Å²) in [5, 5.41) is 13.8. The van der Waals surface area contributed by atoms with Gasteiger partial charge in [0.2, 0.25) is 0 Å². The van der Waals surface area contributed by atoms with Gasteiger partial charge < -0.3 is 19.9 Å². The van der Waals surface area contributed by atoms with Crippen molar-refractivity contribution < 1.29 is 37.0 Å². The number of aromatic hydroxyl groups is 1. The van der Waals surface area contributed by atoms with Crippen LogP contribution in [0.15, 0.2) is 104 Å². The number of dihydropyridines is 1. The van der Waals surface area contributed by atoms with Gasteiger partial charge in [0.1, 0.15) is 24.8 Å². The summed E-state index contributed by atoms with van der Waals surface area (Å²) in [6, 6.07) is 19.3. The van der Waals surface area contributed by atoms with Crippen molar-refractivity contribution in [3.8, 4) is 5.75 Å². The second kappa shape index (κ2) is 11.8. The first-order valence-corrected chi connectivity index (χ1v) is 15.2. The van der Waals surface area contributed by atoms with Crippen LogP contribution >= 0.6 is 11.8 Å². The summed E-state index contributed by atoms with van der Waals surface area (Å²) in [6.45, 7) is 1.10. The number of sulfone groups is 1. The van der Waals surface area contributed by atoms with Gasteiger partial charge in [-0.3, -0.25) is 4.79 Å². The number of benzene rings is 3. The molecular weight excluding hydrogens is 569 g/mol. The van der Waals surface area contributed by atoms with E-state index < -0.39 is 45.0 Å². The van der Waals surface area contributed by atoms with Crippen LogP contribution in [0.1, 0.15) is 24.0 Å². The number of nitrogens with one attached hydrogen (secondary N) is 1. The lowest BCUT2D eigenvalue weighted by Crippen LogP contribution is -2.32. The smallest absolute Gasteiger partial charge is 0.336 e. The molecule has 1 unspecified atom stereocenters. The quantitative estimate of drug-likeness (QED) is 0.298. The lowest BCUT2D eigenvalue weighted by atomic mass is 9.85. The third-order valence-electron chi connectivity index (χ3n) is 6.64. The van der Waals surface area contributed by atoms with Gasteiger partial charge in [-0.25, -0.2) is 17.6 Å². The molecule has 0 aliphatic carbocycles. The van der Waals surface area contributed by atoms with E-state index in [1.807, 2.05) is 18.2 Å². The Bertz CT molecular complexity index is 1660. The average molecular weight is 596 g/mol. The fourth-order valence-corrected chi connectivity index (χ4v) is 7.99. The van der Waals surface area contributed by atoms with Crippen molar-refractivity contribution >= 4 is 33.5 Å². The number of fused-ring (bicyclic) bond motifs is 1. The minimum atomic E-state index is -3.77. The highest BCUT2D eigenvalue weighted by Crippen LogP contribution is 2.51. The topological polar surface area (TPSA) is 119 Å². The second-order valence-corrected chi connectivity index (χ2v) is 12.5. The maximum atomic E-state index is 15.3. The molecule has 3 aromatic carbocycles. The number of phenols is 1. The Labute approximate surface area is 240 Å². The molecule has 0 radical (unpaired) electrons. The summed E-state index contributed by atoms with van der Waals surface area (Å²) in [5.74, 6) is -4.04. The summed E-state index contributed by atoms with van der Waals surface area (Å²) in [4.78, 5) is 26.5. The van der Waals surface area contributed by atoms with Crippen LogP contribution in [0.2, 0.25) is 0 Å². The molecule has 2 N–H and O–H groups in total. The van der Waals surface area contributed by atoms with Crippen LogP contribution in [0.4, 0.5) is 4.39 Å². The van der Waals surface area contributed by atoms with E-state index in [2.05, 4.69) is 5.32 Å². The lowest BCUT2D eigenvalue weighted by molar-refractivity contribution is -0.149. The Morgan fingerprint density at radius 2 is 1.71 bits per heavy atom. The van der Waals surface area contributed by atoms with Crippen LogP contribution in [-0.2, 0) is 35.3 Å². The molecule has 41 heavy (non-hydrogen) atoms. The fourth-order valence-electron chi connectivity index (χ4n) is 4.82. The Kier molecular flexibility index (Phi) is 8.18. The monoisotopic (exact) mass is 595 g/mol. The van der Waals surface area contributed by atoms with Gasteiger partial charge in [0.05, 0.1) is 28.6 Å². The SMILES string of the molecule is CC1=C(C(=O)OCCOC(=O)Cc2ccccc2)C(c2c(O)cccc2F)C2=C(CS(=O)(=O)c3ccccc3S2)N1. The van der Waals surface area contributed by atoms with Crippen LogP contribution in [0.25, 0.3) is 0 Å². The molecule has 0 saturated heterocycles. The first-order chi connectivity index (χ1) is 19.7. The largest absolute Gasteiger partial charge is 0.508 e. The van der Waals surface area contributed by atoms with E-state index in [1.165, 1.54) is 18.2 Å². The number of phenolic OH excluding ortho intramolecular Hbond substituents is 1. The standard InChI is InChI=1S/C30H26FNO7S2/c1-18-26(30(35)39-15-14-38-25(34)16-19-8-3-2-4-9-19)28(27-20(31)10-7-11-22(27)33)29-21(32-18)17-41(36,37)24-13-6-5-12-23(24)40-29/h2-13,28,32-33H,14-17H2,1H3. The molecule has 3 aromatic rings. The summed E-state index contributed by atoms with van der Waals surface area (Å²) < 4.78 is 52.4. The first-order valence-electron chi connectivity index (χ1n) is 12.7. The Morgan fingerprint density at radius 1 is 1.00 bits per heavy atom.